The summed E-state index contributed by atoms with van der Waals surface area (Å²) in [6, 6.07) is 0.564. The molecule has 2 heterocycles. The molecule has 0 aliphatic carbocycles. The highest BCUT2D eigenvalue weighted by atomic mass is 127. The fourth-order valence-electron chi connectivity index (χ4n) is 3.69. The summed E-state index contributed by atoms with van der Waals surface area (Å²) < 4.78 is 0.331. The Labute approximate surface area is 182 Å². The lowest BCUT2D eigenvalue weighted by Crippen LogP contribution is -2.55. The number of halogens is 1. The maximum atomic E-state index is 4.90. The van der Waals surface area contributed by atoms with Crippen molar-refractivity contribution in [1.29, 1.82) is 0 Å². The first kappa shape index (κ1) is 24.3. The maximum absolute atomic E-state index is 4.90. The van der Waals surface area contributed by atoms with Crippen LogP contribution in [-0.4, -0.2) is 85.2 Å². The molecule has 2 aliphatic rings. The Kier molecular flexibility index (Phi) is 11.2. The van der Waals surface area contributed by atoms with E-state index in [2.05, 4.69) is 66.9 Å². The predicted molar refractivity (Wildman–Crippen MR) is 127 cm³/mol. The van der Waals surface area contributed by atoms with Gasteiger partial charge in [-0.25, -0.2) is 0 Å². The Morgan fingerprint density at radius 3 is 2.42 bits per heavy atom. The van der Waals surface area contributed by atoms with Gasteiger partial charge in [0.05, 0.1) is 6.54 Å². The standard InChI is InChI=1S/C19H39N5S.HI/c1-6-20-18(22-15-19(4)8-7-13-25-19)21-14-17(16(2)3)24-11-9-23(5)10-12-24;/h16-17H,6-15H2,1-5H3,(H2,20,21,22);1H. The molecule has 2 atom stereocenters. The van der Waals surface area contributed by atoms with Crippen molar-refractivity contribution in [3.05, 3.63) is 0 Å². The second-order valence-corrected chi connectivity index (χ2v) is 9.81. The quantitative estimate of drug-likeness (QED) is 0.322. The van der Waals surface area contributed by atoms with Crippen molar-refractivity contribution in [2.24, 2.45) is 10.9 Å². The van der Waals surface area contributed by atoms with Crippen molar-refractivity contribution < 1.29 is 0 Å². The Morgan fingerprint density at radius 2 is 1.88 bits per heavy atom. The molecule has 2 unspecified atom stereocenters. The number of thioether (sulfide) groups is 1. The summed E-state index contributed by atoms with van der Waals surface area (Å²) in [5.41, 5.74) is 0. The molecule has 2 aliphatic heterocycles. The Hall–Kier alpha value is 0.270. The third-order valence-electron chi connectivity index (χ3n) is 5.47. The van der Waals surface area contributed by atoms with E-state index in [0.717, 1.165) is 25.6 Å². The van der Waals surface area contributed by atoms with Crippen LogP contribution in [-0.2, 0) is 0 Å². The van der Waals surface area contributed by atoms with Gasteiger partial charge in [-0.05, 0) is 45.4 Å². The summed E-state index contributed by atoms with van der Waals surface area (Å²) in [5, 5.41) is 7.06. The van der Waals surface area contributed by atoms with Crippen LogP contribution >= 0.6 is 35.7 Å². The molecule has 0 spiro atoms. The largest absolute Gasteiger partial charge is 0.357 e. The number of hydrogen-bond acceptors (Lipinski definition) is 4. The van der Waals surface area contributed by atoms with Crippen molar-refractivity contribution in [3.8, 4) is 0 Å². The van der Waals surface area contributed by atoms with Gasteiger partial charge in [-0.1, -0.05) is 13.8 Å². The highest BCUT2D eigenvalue weighted by Crippen LogP contribution is 2.37. The molecule has 0 aromatic heterocycles. The Bertz CT molecular complexity index is 418. The van der Waals surface area contributed by atoms with Gasteiger partial charge in [-0.2, -0.15) is 11.8 Å². The lowest BCUT2D eigenvalue weighted by molar-refractivity contribution is 0.0900. The number of aliphatic imine (C=N–C) groups is 1. The second-order valence-electron chi connectivity index (χ2n) is 8.13. The van der Waals surface area contributed by atoms with Crippen LogP contribution in [0.15, 0.2) is 4.99 Å². The molecule has 5 nitrogen and oxygen atoms in total. The minimum atomic E-state index is 0. The molecule has 0 aromatic carbocycles. The number of piperazine rings is 1. The number of guanidine groups is 1. The Balaban J connectivity index is 0.00000338. The van der Waals surface area contributed by atoms with Crippen LogP contribution in [0.3, 0.4) is 0 Å². The molecule has 0 radical (unpaired) electrons. The van der Waals surface area contributed by atoms with Crippen molar-refractivity contribution in [3.63, 3.8) is 0 Å². The smallest absolute Gasteiger partial charge is 0.191 e. The summed E-state index contributed by atoms with van der Waals surface area (Å²) in [6.45, 7) is 16.7. The molecule has 2 saturated heterocycles. The first-order valence-electron chi connectivity index (χ1n) is 10.0. The van der Waals surface area contributed by atoms with Gasteiger partial charge in [0.25, 0.3) is 0 Å². The first-order valence-corrected chi connectivity index (χ1v) is 11.0. The van der Waals surface area contributed by atoms with Gasteiger partial charge in [0.1, 0.15) is 0 Å². The highest BCUT2D eigenvalue weighted by Gasteiger charge is 2.29. The molecule has 2 fully saturated rings. The van der Waals surface area contributed by atoms with Crippen molar-refractivity contribution in [2.75, 3.05) is 58.6 Å². The molecule has 154 valence electrons. The van der Waals surface area contributed by atoms with E-state index in [9.17, 15) is 0 Å². The van der Waals surface area contributed by atoms with Crippen LogP contribution in [0.2, 0.25) is 0 Å². The van der Waals surface area contributed by atoms with Crippen LogP contribution in [0, 0.1) is 5.92 Å². The van der Waals surface area contributed by atoms with E-state index in [0.29, 0.717) is 16.7 Å². The minimum absolute atomic E-state index is 0. The van der Waals surface area contributed by atoms with Gasteiger partial charge in [0, 0.05) is 50.1 Å². The van der Waals surface area contributed by atoms with Crippen LogP contribution in [0.25, 0.3) is 0 Å². The third-order valence-corrected chi connectivity index (χ3v) is 6.99. The number of rotatable bonds is 7. The minimum Gasteiger partial charge on any atom is -0.357 e. The van der Waals surface area contributed by atoms with Crippen LogP contribution in [0.4, 0.5) is 0 Å². The summed E-state index contributed by atoms with van der Waals surface area (Å²) >= 11 is 2.08. The number of nitrogens with zero attached hydrogens (tertiary/aromatic N) is 3. The van der Waals surface area contributed by atoms with E-state index >= 15 is 0 Å². The first-order chi connectivity index (χ1) is 11.9. The van der Waals surface area contributed by atoms with Gasteiger partial charge in [0.2, 0.25) is 0 Å². The SMILES string of the molecule is CCNC(=NCC1(C)CCCS1)NCC(C(C)C)N1CCN(C)CC1.I. The average Bonchev–Trinajstić information content (AvgIpc) is 3.01. The predicted octanol–water partition coefficient (Wildman–Crippen LogP) is 2.72. The molecule has 26 heavy (non-hydrogen) atoms. The summed E-state index contributed by atoms with van der Waals surface area (Å²) in [4.78, 5) is 9.97. The van der Waals surface area contributed by atoms with Gasteiger partial charge in [0.15, 0.2) is 5.96 Å². The molecule has 2 rings (SSSR count). The lowest BCUT2D eigenvalue weighted by Gasteiger charge is -2.40. The summed E-state index contributed by atoms with van der Waals surface area (Å²) in [6.07, 6.45) is 2.62. The zero-order valence-corrected chi connectivity index (χ0v) is 20.5. The molecule has 0 bridgehead atoms. The molecule has 7 heteroatoms. The lowest BCUT2D eigenvalue weighted by atomic mass is 10.0. The number of likely N-dealkylation sites (N-methyl/N-ethyl adjacent to an activating group) is 1. The van der Waals surface area contributed by atoms with Gasteiger partial charge >= 0.3 is 0 Å². The number of hydrogen-bond donors (Lipinski definition) is 2. The van der Waals surface area contributed by atoms with Gasteiger partial charge in [-0.15, -0.1) is 24.0 Å². The van der Waals surface area contributed by atoms with Crippen molar-refractivity contribution in [1.82, 2.24) is 20.4 Å². The molecule has 0 saturated carbocycles. The molecule has 0 amide bonds. The third kappa shape index (κ3) is 7.72. The summed E-state index contributed by atoms with van der Waals surface area (Å²) in [7, 11) is 2.22. The van der Waals surface area contributed by atoms with E-state index in [1.165, 1.54) is 44.8 Å². The second kappa shape index (κ2) is 12.0. The van der Waals surface area contributed by atoms with Crippen LogP contribution in [0.1, 0.15) is 40.5 Å². The average molecular weight is 498 g/mol. The van der Waals surface area contributed by atoms with Gasteiger partial charge in [-0.3, -0.25) is 9.89 Å². The van der Waals surface area contributed by atoms with Crippen LogP contribution in [0.5, 0.6) is 0 Å². The Morgan fingerprint density at radius 1 is 1.19 bits per heavy atom. The maximum Gasteiger partial charge on any atom is 0.191 e. The molecular weight excluding hydrogens is 457 g/mol. The molecule has 0 aromatic rings. The van der Waals surface area contributed by atoms with E-state index in [1.807, 2.05) is 0 Å². The topological polar surface area (TPSA) is 42.9 Å². The monoisotopic (exact) mass is 497 g/mol. The zero-order chi connectivity index (χ0) is 18.3. The normalized spacial score (nSPS) is 26.6. The zero-order valence-electron chi connectivity index (χ0n) is 17.4. The van der Waals surface area contributed by atoms with Gasteiger partial charge < -0.3 is 15.5 Å². The van der Waals surface area contributed by atoms with E-state index < -0.39 is 0 Å². The number of nitrogens with one attached hydrogen (secondary N) is 2. The fraction of sp³-hybridized carbons (Fsp3) is 0.947. The van der Waals surface area contributed by atoms with Crippen LogP contribution < -0.4 is 10.6 Å². The van der Waals surface area contributed by atoms with Crippen molar-refractivity contribution >= 4 is 41.7 Å². The van der Waals surface area contributed by atoms with Crippen molar-refractivity contribution in [2.45, 2.75) is 51.3 Å². The van der Waals surface area contributed by atoms with E-state index in [1.54, 1.807) is 0 Å². The van der Waals surface area contributed by atoms with E-state index in [-0.39, 0.29) is 24.0 Å². The van der Waals surface area contributed by atoms with E-state index in [4.69, 9.17) is 4.99 Å². The summed E-state index contributed by atoms with van der Waals surface area (Å²) in [5.74, 6) is 2.91. The highest BCUT2D eigenvalue weighted by molar-refractivity contribution is 14.0. The fourth-order valence-corrected chi connectivity index (χ4v) is 4.92. The molecular formula is C19H40IN5S. The molecule has 2 N–H and O–H groups in total.